The highest BCUT2D eigenvalue weighted by atomic mass is 16.6. The Morgan fingerprint density at radius 3 is 3.10 bits per heavy atom. The van der Waals surface area contributed by atoms with Crippen LogP contribution in [0.25, 0.3) is 0 Å². The molecule has 0 aliphatic carbocycles. The summed E-state index contributed by atoms with van der Waals surface area (Å²) < 4.78 is 5.11. The van der Waals surface area contributed by atoms with Crippen molar-refractivity contribution in [2.24, 2.45) is 0 Å². The van der Waals surface area contributed by atoms with Crippen LogP contribution in [0.3, 0.4) is 0 Å². The molecule has 4 heteroatoms. The van der Waals surface area contributed by atoms with E-state index in [1.54, 1.807) is 0 Å². The number of piperidine rings is 1. The van der Waals surface area contributed by atoms with Crippen molar-refractivity contribution in [2.75, 3.05) is 6.54 Å². The molecule has 2 aliphatic heterocycles. The molecule has 3 unspecified atom stereocenters. The molecule has 0 radical (unpaired) electrons. The summed E-state index contributed by atoms with van der Waals surface area (Å²) in [5.41, 5.74) is 0. The zero-order valence-corrected chi connectivity index (χ0v) is 5.41. The fourth-order valence-electron chi connectivity index (χ4n) is 1.41. The van der Waals surface area contributed by atoms with Gasteiger partial charge in [0.25, 0.3) is 0 Å². The molecule has 0 saturated carbocycles. The molecule has 2 saturated heterocycles. The van der Waals surface area contributed by atoms with Crippen LogP contribution >= 0.6 is 0 Å². The molecule has 2 rings (SSSR count). The second-order valence-corrected chi connectivity index (χ2v) is 2.70. The van der Waals surface area contributed by atoms with Crippen LogP contribution in [0, 0.1) is 0 Å². The number of carbonyl (C=O) groups is 1. The largest absolute Gasteiger partial charge is 0.480 e. The Kier molecular flexibility index (Phi) is 1.18. The summed E-state index contributed by atoms with van der Waals surface area (Å²) in [6, 6.07) is -0.459. The van der Waals surface area contributed by atoms with Crippen molar-refractivity contribution in [3.05, 3.63) is 0 Å². The van der Waals surface area contributed by atoms with Crippen LogP contribution in [0.5, 0.6) is 0 Å². The molecule has 0 aromatic carbocycles. The van der Waals surface area contributed by atoms with Crippen LogP contribution in [0.2, 0.25) is 0 Å². The quantitative estimate of drug-likeness (QED) is 0.472. The highest BCUT2D eigenvalue weighted by molar-refractivity contribution is 5.75. The van der Waals surface area contributed by atoms with Crippen molar-refractivity contribution in [3.63, 3.8) is 0 Å². The first-order valence-electron chi connectivity index (χ1n) is 3.40. The standard InChI is InChI=1S/C6H9NO3/c8-6(9)4-5-3(10-5)1-2-7-4/h3-5,7H,1-2H2,(H,8,9). The number of hydrogen-bond acceptors (Lipinski definition) is 3. The average molecular weight is 143 g/mol. The maximum absolute atomic E-state index is 10.4. The van der Waals surface area contributed by atoms with Crippen LogP contribution in [-0.4, -0.2) is 35.9 Å². The van der Waals surface area contributed by atoms with Crippen LogP contribution < -0.4 is 5.32 Å². The zero-order valence-electron chi connectivity index (χ0n) is 5.41. The van der Waals surface area contributed by atoms with E-state index < -0.39 is 12.0 Å². The lowest BCUT2D eigenvalue weighted by Gasteiger charge is -2.14. The number of fused-ring (bicyclic) bond motifs is 1. The fourth-order valence-corrected chi connectivity index (χ4v) is 1.41. The first-order chi connectivity index (χ1) is 4.79. The average Bonchev–Trinajstić information content (AvgIpc) is 2.63. The van der Waals surface area contributed by atoms with E-state index >= 15 is 0 Å². The van der Waals surface area contributed by atoms with Crippen molar-refractivity contribution in [1.29, 1.82) is 0 Å². The Hall–Kier alpha value is -0.610. The first-order valence-corrected chi connectivity index (χ1v) is 3.40. The number of hydrogen-bond donors (Lipinski definition) is 2. The molecule has 2 N–H and O–H groups in total. The van der Waals surface area contributed by atoms with Crippen LogP contribution in [0.1, 0.15) is 6.42 Å². The van der Waals surface area contributed by atoms with Gasteiger partial charge in [0.15, 0.2) is 0 Å². The van der Waals surface area contributed by atoms with Gasteiger partial charge in [-0.2, -0.15) is 0 Å². The zero-order chi connectivity index (χ0) is 7.14. The Balaban J connectivity index is 2.02. The van der Waals surface area contributed by atoms with Gasteiger partial charge in [0, 0.05) is 0 Å². The van der Waals surface area contributed by atoms with Gasteiger partial charge < -0.3 is 15.2 Å². The predicted octanol–water partition coefficient (Wildman–Crippen LogP) is -0.800. The number of carboxylic acids is 1. The van der Waals surface area contributed by atoms with E-state index in [0.29, 0.717) is 0 Å². The molecule has 0 amide bonds. The van der Waals surface area contributed by atoms with Crippen molar-refractivity contribution >= 4 is 5.97 Å². The van der Waals surface area contributed by atoms with Crippen molar-refractivity contribution in [3.8, 4) is 0 Å². The SMILES string of the molecule is O=C(O)C1NCCC2OC21. The Morgan fingerprint density at radius 2 is 2.50 bits per heavy atom. The van der Waals surface area contributed by atoms with E-state index in [-0.39, 0.29) is 12.2 Å². The summed E-state index contributed by atoms with van der Waals surface area (Å²) >= 11 is 0. The molecule has 2 heterocycles. The number of carboxylic acid groups (broad SMARTS) is 1. The summed E-state index contributed by atoms with van der Waals surface area (Å²) in [5, 5.41) is 11.5. The molecule has 0 aromatic heterocycles. The lowest BCUT2D eigenvalue weighted by atomic mass is 10.1. The van der Waals surface area contributed by atoms with Gasteiger partial charge in [-0.15, -0.1) is 0 Å². The van der Waals surface area contributed by atoms with Gasteiger partial charge in [-0.25, -0.2) is 0 Å². The summed E-state index contributed by atoms with van der Waals surface area (Å²) in [4.78, 5) is 10.4. The highest BCUT2D eigenvalue weighted by Crippen LogP contribution is 2.31. The summed E-state index contributed by atoms with van der Waals surface area (Å²) in [7, 11) is 0. The van der Waals surface area contributed by atoms with E-state index in [1.807, 2.05) is 0 Å². The second kappa shape index (κ2) is 1.93. The summed E-state index contributed by atoms with van der Waals surface area (Å²) in [5.74, 6) is -0.799. The topological polar surface area (TPSA) is 61.9 Å². The summed E-state index contributed by atoms with van der Waals surface area (Å²) in [6.07, 6.45) is 1.13. The minimum absolute atomic E-state index is 0.0498. The first kappa shape index (κ1) is 6.12. The van der Waals surface area contributed by atoms with Gasteiger partial charge in [-0.3, -0.25) is 4.79 Å². The van der Waals surface area contributed by atoms with Crippen molar-refractivity contribution in [1.82, 2.24) is 5.32 Å². The molecule has 0 aromatic rings. The number of rotatable bonds is 1. The van der Waals surface area contributed by atoms with Crippen LogP contribution in [-0.2, 0) is 9.53 Å². The van der Waals surface area contributed by atoms with Gasteiger partial charge in [0.1, 0.15) is 12.1 Å². The maximum Gasteiger partial charge on any atom is 0.323 e. The molecular weight excluding hydrogens is 134 g/mol. The summed E-state index contributed by atoms with van der Waals surface area (Å²) in [6.45, 7) is 0.762. The van der Waals surface area contributed by atoms with Crippen molar-refractivity contribution in [2.45, 2.75) is 24.7 Å². The lowest BCUT2D eigenvalue weighted by molar-refractivity contribution is -0.140. The monoisotopic (exact) mass is 143 g/mol. The predicted molar refractivity (Wildman–Crippen MR) is 32.7 cm³/mol. The molecule has 4 nitrogen and oxygen atoms in total. The molecular formula is C6H9NO3. The van der Waals surface area contributed by atoms with Gasteiger partial charge in [-0.1, -0.05) is 0 Å². The van der Waals surface area contributed by atoms with E-state index in [2.05, 4.69) is 5.32 Å². The van der Waals surface area contributed by atoms with E-state index in [0.717, 1.165) is 13.0 Å². The van der Waals surface area contributed by atoms with Crippen LogP contribution in [0.4, 0.5) is 0 Å². The minimum atomic E-state index is -0.799. The smallest absolute Gasteiger partial charge is 0.323 e. The third kappa shape index (κ3) is 0.803. The number of aliphatic carboxylic acids is 1. The third-order valence-corrected chi connectivity index (χ3v) is 2.01. The minimum Gasteiger partial charge on any atom is -0.480 e. The molecule has 0 spiro atoms. The van der Waals surface area contributed by atoms with Crippen LogP contribution in [0.15, 0.2) is 0 Å². The van der Waals surface area contributed by atoms with E-state index in [4.69, 9.17) is 9.84 Å². The molecule has 2 fully saturated rings. The van der Waals surface area contributed by atoms with Gasteiger partial charge in [-0.05, 0) is 13.0 Å². The van der Waals surface area contributed by atoms with E-state index in [1.165, 1.54) is 0 Å². The van der Waals surface area contributed by atoms with Gasteiger partial charge in [0.2, 0.25) is 0 Å². The molecule has 10 heavy (non-hydrogen) atoms. The second-order valence-electron chi connectivity index (χ2n) is 2.70. The molecule has 2 aliphatic rings. The number of nitrogens with one attached hydrogen (secondary N) is 1. The van der Waals surface area contributed by atoms with Crippen molar-refractivity contribution < 1.29 is 14.6 Å². The lowest BCUT2D eigenvalue weighted by Crippen LogP contribution is -2.45. The molecule has 0 bridgehead atoms. The Bertz CT molecular complexity index is 170. The normalized spacial score (nSPS) is 44.2. The molecule has 56 valence electrons. The fraction of sp³-hybridized carbons (Fsp3) is 0.833. The number of epoxide rings is 1. The number of ether oxygens (including phenoxy) is 1. The van der Waals surface area contributed by atoms with Gasteiger partial charge >= 0.3 is 5.97 Å². The molecule has 3 atom stereocenters. The Labute approximate surface area is 58.2 Å². The highest BCUT2D eigenvalue weighted by Gasteiger charge is 2.50. The maximum atomic E-state index is 10.4. The third-order valence-electron chi connectivity index (χ3n) is 2.01. The van der Waals surface area contributed by atoms with Gasteiger partial charge in [0.05, 0.1) is 6.10 Å². The Morgan fingerprint density at radius 1 is 1.70 bits per heavy atom. The van der Waals surface area contributed by atoms with E-state index in [9.17, 15) is 4.79 Å².